The van der Waals surface area contributed by atoms with E-state index in [1.54, 1.807) is 13.1 Å². The van der Waals surface area contributed by atoms with Crippen LogP contribution in [0.1, 0.15) is 101 Å². The molecule has 4 fully saturated rings. The number of rotatable bonds is 22. The summed E-state index contributed by atoms with van der Waals surface area (Å²) in [6.07, 6.45) is 12.6. The quantitative estimate of drug-likeness (QED) is 0.0341. The number of ether oxygens (including phenoxy) is 4. The predicted octanol–water partition coefficient (Wildman–Crippen LogP) is -0.718. The molecule has 0 aromatic carbocycles. The predicted molar refractivity (Wildman–Crippen MR) is 386 cm³/mol. The lowest BCUT2D eigenvalue weighted by Gasteiger charge is -2.19. The van der Waals surface area contributed by atoms with Crippen molar-refractivity contribution in [3.05, 3.63) is 125 Å². The van der Waals surface area contributed by atoms with Crippen molar-refractivity contribution in [3.63, 3.8) is 0 Å². The molecule has 0 bridgehead atoms. The van der Waals surface area contributed by atoms with Gasteiger partial charge in [-0.15, -0.1) is 52.7 Å². The van der Waals surface area contributed by atoms with Gasteiger partial charge in [0.25, 0.3) is 22.2 Å². The fraction of sp³-hybridized carbons (Fsp3) is 0.645. The summed E-state index contributed by atoms with van der Waals surface area (Å²) in [6, 6.07) is 0. The van der Waals surface area contributed by atoms with E-state index < -0.39 is 159 Å². The molecule has 8 rings (SSSR count). The van der Waals surface area contributed by atoms with E-state index in [0.29, 0.717) is 49.7 Å². The molecular weight excluding hydrogens is 1360 g/mol. The number of Topliss-reactive ketones (excluding diaryl/α,β-unsaturated/α-hetero) is 1. The first-order valence-corrected chi connectivity index (χ1v) is 44.3. The smallest absolute Gasteiger partial charge is 0.330 e. The van der Waals surface area contributed by atoms with Crippen molar-refractivity contribution in [1.82, 2.24) is 43.5 Å². The van der Waals surface area contributed by atoms with Gasteiger partial charge in [0.2, 0.25) is 5.91 Å². The monoisotopic (exact) mass is 1460 g/mol. The molecule has 4 aromatic rings. The molecule has 97 heavy (non-hydrogen) atoms. The van der Waals surface area contributed by atoms with Crippen molar-refractivity contribution < 1.29 is 69.4 Å². The van der Waals surface area contributed by atoms with E-state index in [2.05, 4.69) is 104 Å². The van der Waals surface area contributed by atoms with E-state index >= 15 is 0 Å². The number of aromatic amines is 4. The van der Waals surface area contributed by atoms with Crippen LogP contribution < -0.4 is 44.6 Å². The topological polar surface area (TPSA) is 447 Å². The number of nitrogens with zero attached hydrogens (tertiary/aromatic N) is 4. The van der Waals surface area contributed by atoms with Crippen LogP contribution in [0, 0.1) is 4.77 Å². The summed E-state index contributed by atoms with van der Waals surface area (Å²) in [7, 11) is 0. The molecule has 35 heteroatoms. The van der Waals surface area contributed by atoms with Gasteiger partial charge in [0, 0.05) is 61.4 Å². The Kier molecular flexibility index (Phi) is 29.5. The Morgan fingerprint density at radius 3 is 0.990 bits per heavy atom. The van der Waals surface area contributed by atoms with Crippen LogP contribution >= 0.6 is 39.8 Å². The summed E-state index contributed by atoms with van der Waals surface area (Å²) < 4.78 is 27.9. The van der Waals surface area contributed by atoms with Gasteiger partial charge in [-0.1, -0.05) is 13.8 Å². The number of H-pyrrole nitrogens is 4. The minimum absolute atomic E-state index is 0.0695. The second kappa shape index (κ2) is 34.6. The molecule has 0 unspecified atom stereocenters. The van der Waals surface area contributed by atoms with Crippen molar-refractivity contribution in [3.8, 4) is 0 Å². The molecule has 1 amide bonds. The van der Waals surface area contributed by atoms with Gasteiger partial charge < -0.3 is 65.1 Å². The number of amides is 1. The maximum absolute atomic E-state index is 12.1. The molecule has 8 heterocycles. The molecule has 4 saturated heterocycles. The fourth-order valence-corrected chi connectivity index (χ4v) is 14.9. The van der Waals surface area contributed by atoms with Crippen molar-refractivity contribution in [1.29, 1.82) is 0 Å². The van der Waals surface area contributed by atoms with E-state index in [0.717, 1.165) is 38.3 Å². The Labute approximate surface area is 567 Å². The number of carbonyl (C=O) groups excluding carboxylic acids is 2. The van der Waals surface area contributed by atoms with Crippen LogP contribution in [0.5, 0.6) is 0 Å². The van der Waals surface area contributed by atoms with Crippen LogP contribution in [-0.4, -0.2) is 267 Å². The van der Waals surface area contributed by atoms with Gasteiger partial charge in [-0.3, -0.25) is 67.0 Å². The number of ketones is 1. The van der Waals surface area contributed by atoms with E-state index in [1.807, 2.05) is 6.92 Å². The summed E-state index contributed by atoms with van der Waals surface area (Å²) in [4.78, 5) is 115. The summed E-state index contributed by atoms with van der Waals surface area (Å²) in [6.45, 7) is 17.7. The second-order valence-corrected chi connectivity index (χ2v) is 45.4. The van der Waals surface area contributed by atoms with Crippen molar-refractivity contribution in [2.45, 2.75) is 177 Å². The number of hydrogen-bond donors (Lipinski definition) is 13. The van der Waals surface area contributed by atoms with Crippen molar-refractivity contribution in [2.75, 3.05) is 78.0 Å². The molecule has 16 atom stereocenters. The molecule has 0 saturated carbocycles. The van der Waals surface area contributed by atoms with E-state index in [-0.39, 0.29) is 46.1 Å². The fourth-order valence-electron chi connectivity index (χ4n) is 10.8. The van der Waals surface area contributed by atoms with Crippen LogP contribution in [0.2, 0.25) is 0 Å². The number of aromatic nitrogens is 8. The van der Waals surface area contributed by atoms with Crippen LogP contribution in [0.3, 0.4) is 0 Å². The Bertz CT molecular complexity index is 3990. The third-order valence-electron chi connectivity index (χ3n) is 16.4. The Balaban J connectivity index is 0.000000234. The molecule has 0 radical (unpaired) electrons. The van der Waals surface area contributed by atoms with Gasteiger partial charge in [0.1, 0.15) is 54.6 Å². The van der Waals surface area contributed by atoms with Crippen LogP contribution in [0.4, 0.5) is 0 Å². The van der Waals surface area contributed by atoms with Gasteiger partial charge in [0.15, 0.2) is 29.7 Å². The highest BCUT2D eigenvalue weighted by molar-refractivity contribution is 7.73. The SMILES string of the molecule is C=P(C)(C)CC[C@H]1O[C@@H](n2cc(CC(C)=O)c(=O)[nH]c2=O)[C@H](O)[C@@H]1O.C=P(C)(C)CC[C@H]1O[C@@H](n2cc(CC)c(=O)[nH]c2=O)[C@H](O)[C@@H]1O.C=P(C)(C)CC[C@H]1O[C@@H](n2cc(CC)c(=O)[nH]c2=S)[C@H](O)[C@@H]1O.C=P(C)(C)CC[C@H]1O[C@@H](n2cc(CNC(C)=O)c(=O)[nH]c2=O)[C@H](O)[C@@H]1O. The first-order chi connectivity index (χ1) is 44.8. The molecule has 546 valence electrons. The Morgan fingerprint density at radius 1 is 0.443 bits per heavy atom. The van der Waals surface area contributed by atoms with Gasteiger partial charge in [0.05, 0.1) is 30.0 Å². The highest BCUT2D eigenvalue weighted by Crippen LogP contribution is 2.43. The van der Waals surface area contributed by atoms with Gasteiger partial charge in [-0.25, -0.2) is 14.4 Å². The number of nitrogens with one attached hydrogen (secondary N) is 5. The maximum Gasteiger partial charge on any atom is 0.330 e. The number of aliphatic hydroxyl groups excluding tert-OH is 8. The number of carbonyl (C=O) groups is 2. The average Bonchev–Trinajstić information content (AvgIpc) is 1.71. The van der Waals surface area contributed by atoms with Gasteiger partial charge in [-0.2, -0.15) is 0 Å². The largest absolute Gasteiger partial charge is 0.388 e. The standard InChI is InChI=1S/C16H26N3O6P.C16H25N2O6P.C15H25N2O5P.C15H25N2O4PS/c1-9(20)17-7-10-8-19(16(24)18-14(10)23)15-13(22)12(21)11(25-15)5-6-26(2,3)4;1-9(19)7-10-8-18(16(23)17-14(10)22)15-13(21)12(20)11(24-15)5-6-25(2,3)4;1-5-9-8-17(15(21)16-13(9)20)14-12(19)11(18)10(22-14)6-7-23(2,3)4;1-5-9-8-17(15(23)16-13(9)20)14-12(19)11(18)10(21-14)6-7-22(2,3)4/h8,11-13,15,21-22H,2,5-7H2,1,3-4H3,(H,17,20)(H,18,23,24);8,11-13,15,20-21H,2,5-7H2,1,3-4H3,(H,17,22,23);8,10-12,14,18-19H,2,5-7H2,1,3-4H3,(H,16,20,21);8,10-12,14,18-19H,2,5-7H2,1,3-4H3,(H,16,20,23)/t2*11-,12-,13-,15-;2*10-,11-,12-,14-/m1111/s1. The lowest BCUT2D eigenvalue weighted by molar-refractivity contribution is -0.119. The number of hydrogen-bond acceptors (Lipinski definition) is 22. The van der Waals surface area contributed by atoms with E-state index in [1.165, 1.54) is 37.0 Å². The minimum atomic E-state index is -1.33. The summed E-state index contributed by atoms with van der Waals surface area (Å²) in [5.74, 6) is -0.558. The van der Waals surface area contributed by atoms with Crippen molar-refractivity contribution in [2.24, 2.45) is 0 Å². The van der Waals surface area contributed by atoms with Crippen molar-refractivity contribution >= 4 is 76.6 Å². The molecule has 4 aromatic heterocycles. The van der Waals surface area contributed by atoms with E-state index in [9.17, 15) is 84.0 Å². The maximum atomic E-state index is 12.1. The lowest BCUT2D eigenvalue weighted by Crippen LogP contribution is -2.39. The first-order valence-electron chi connectivity index (χ1n) is 31.6. The lowest BCUT2D eigenvalue weighted by atomic mass is 10.1. The van der Waals surface area contributed by atoms with E-state index in [4.69, 9.17) is 31.2 Å². The number of aryl methyl sites for hydroxylation is 2. The van der Waals surface area contributed by atoms with Gasteiger partial charge >= 0.3 is 17.1 Å². The molecule has 0 spiro atoms. The normalized spacial score (nSPS) is 27.3. The van der Waals surface area contributed by atoms with Crippen LogP contribution in [0.15, 0.2) is 58.3 Å². The molecule has 13 N–H and O–H groups in total. The first kappa shape index (κ1) is 82.7. The second-order valence-electron chi connectivity index (χ2n) is 27.8. The Morgan fingerprint density at radius 2 is 0.701 bits per heavy atom. The summed E-state index contributed by atoms with van der Waals surface area (Å²) in [5, 5.41) is 84.5. The highest BCUT2D eigenvalue weighted by atomic mass is 32.1. The minimum Gasteiger partial charge on any atom is -0.388 e. The Hall–Kier alpha value is -5.00. The summed E-state index contributed by atoms with van der Waals surface area (Å²) in [5.41, 5.74) is -2.93. The zero-order chi connectivity index (χ0) is 73.3. The van der Waals surface area contributed by atoms with Gasteiger partial charge in [-0.05, 0) is 136 Å². The average molecular weight is 1460 g/mol. The van der Waals surface area contributed by atoms with Crippen LogP contribution in [-0.2, 0) is 54.3 Å². The molecular formula is C62H101N9O21P4S. The molecule has 4 aliphatic heterocycles. The highest BCUT2D eigenvalue weighted by Gasteiger charge is 2.47. The third-order valence-corrected chi connectivity index (χ3v) is 22.6. The van der Waals surface area contributed by atoms with Crippen LogP contribution in [0.25, 0.3) is 0 Å². The third kappa shape index (κ3) is 23.3. The molecule has 30 nitrogen and oxygen atoms in total. The zero-order valence-electron chi connectivity index (χ0n) is 57.2. The molecule has 4 aliphatic rings. The summed E-state index contributed by atoms with van der Waals surface area (Å²) >= 11 is 5.17. The molecule has 0 aliphatic carbocycles. The number of aliphatic hydroxyl groups is 8. The zero-order valence-corrected chi connectivity index (χ0v) is 61.6.